The van der Waals surface area contributed by atoms with Crippen LogP contribution in [0.4, 0.5) is 0 Å². The highest BCUT2D eigenvalue weighted by Gasteiger charge is 2.34. The van der Waals surface area contributed by atoms with Gasteiger partial charge in [-0.05, 0) is 31.4 Å². The lowest BCUT2D eigenvalue weighted by atomic mass is 10.2. The van der Waals surface area contributed by atoms with Crippen LogP contribution in [0.1, 0.15) is 25.3 Å². The van der Waals surface area contributed by atoms with Crippen molar-refractivity contribution in [3.63, 3.8) is 0 Å². The van der Waals surface area contributed by atoms with Crippen molar-refractivity contribution >= 4 is 18.3 Å². The van der Waals surface area contributed by atoms with Crippen molar-refractivity contribution in [2.24, 2.45) is 0 Å². The first-order valence-corrected chi connectivity index (χ1v) is 9.15. The number of para-hydroxylation sites is 1. The predicted molar refractivity (Wildman–Crippen MR) is 103 cm³/mol. The van der Waals surface area contributed by atoms with E-state index in [0.29, 0.717) is 12.5 Å². The Morgan fingerprint density at radius 1 is 1.28 bits per heavy atom. The fourth-order valence-corrected chi connectivity index (χ4v) is 3.64. The molecule has 25 heavy (non-hydrogen) atoms. The summed E-state index contributed by atoms with van der Waals surface area (Å²) in [6.07, 6.45) is 1.39. The molecule has 0 aromatic heterocycles. The summed E-state index contributed by atoms with van der Waals surface area (Å²) in [6, 6.07) is 8.41. The molecule has 0 bridgehead atoms. The van der Waals surface area contributed by atoms with Crippen LogP contribution in [0, 0.1) is 6.92 Å². The van der Waals surface area contributed by atoms with E-state index in [4.69, 9.17) is 4.74 Å². The fraction of sp³-hybridized carbons (Fsp3) is 0.632. The number of ether oxygens (including phenoxy) is 1. The molecule has 2 saturated heterocycles. The molecule has 3 rings (SSSR count). The summed E-state index contributed by atoms with van der Waals surface area (Å²) in [6.45, 7) is 10.0. The molecule has 1 aromatic carbocycles. The molecule has 6 heteroatoms. The number of rotatable bonds is 5. The third-order valence-electron chi connectivity index (χ3n) is 5.15. The number of likely N-dealkylation sites (tertiary alicyclic amines) is 1. The maximum absolute atomic E-state index is 12.9. The van der Waals surface area contributed by atoms with Gasteiger partial charge in [-0.2, -0.15) is 0 Å². The molecule has 1 N–H and O–H groups in total. The fourth-order valence-electron chi connectivity index (χ4n) is 3.64. The van der Waals surface area contributed by atoms with Crippen molar-refractivity contribution in [3.8, 4) is 5.75 Å². The molecule has 0 spiro atoms. The van der Waals surface area contributed by atoms with E-state index < -0.39 is 0 Å². The van der Waals surface area contributed by atoms with Crippen molar-refractivity contribution in [3.05, 3.63) is 29.8 Å². The number of piperazine rings is 1. The van der Waals surface area contributed by atoms with Gasteiger partial charge in [-0.25, -0.2) is 0 Å². The Labute approximate surface area is 157 Å². The number of nitrogens with zero attached hydrogens (tertiary/aromatic N) is 2. The zero-order chi connectivity index (χ0) is 16.9. The van der Waals surface area contributed by atoms with E-state index >= 15 is 0 Å². The minimum absolute atomic E-state index is 0. The monoisotopic (exact) mass is 367 g/mol. The first kappa shape index (κ1) is 20.0. The van der Waals surface area contributed by atoms with E-state index in [1.54, 1.807) is 0 Å². The highest BCUT2D eigenvalue weighted by Crippen LogP contribution is 2.22. The molecule has 2 aliphatic rings. The molecule has 0 radical (unpaired) electrons. The van der Waals surface area contributed by atoms with Crippen LogP contribution in [0.5, 0.6) is 5.75 Å². The number of aryl methyl sites for hydroxylation is 1. The molecule has 1 aromatic rings. The van der Waals surface area contributed by atoms with Gasteiger partial charge in [0.2, 0.25) is 0 Å². The number of carbonyl (C=O) groups excluding carboxylic acids is 1. The molecule has 1 amide bonds. The lowest BCUT2D eigenvalue weighted by Crippen LogP contribution is -2.50. The largest absolute Gasteiger partial charge is 0.480 e. The van der Waals surface area contributed by atoms with Crippen LogP contribution in [0.15, 0.2) is 24.3 Å². The summed E-state index contributed by atoms with van der Waals surface area (Å²) in [5, 5.41) is 3.39. The van der Waals surface area contributed by atoms with Crippen molar-refractivity contribution < 1.29 is 9.53 Å². The second-order valence-corrected chi connectivity index (χ2v) is 6.79. The average Bonchev–Trinajstić information content (AvgIpc) is 3.11. The van der Waals surface area contributed by atoms with Crippen LogP contribution >= 0.6 is 12.4 Å². The van der Waals surface area contributed by atoms with Gasteiger partial charge in [0.05, 0.1) is 0 Å². The molecule has 0 saturated carbocycles. The van der Waals surface area contributed by atoms with Crippen molar-refractivity contribution in [1.29, 1.82) is 0 Å². The lowest BCUT2D eigenvalue weighted by molar-refractivity contribution is -0.138. The summed E-state index contributed by atoms with van der Waals surface area (Å²) >= 11 is 0. The third kappa shape index (κ3) is 4.87. The number of nitrogens with one attached hydrogen (secondary N) is 1. The van der Waals surface area contributed by atoms with Crippen LogP contribution in [0.2, 0.25) is 0 Å². The van der Waals surface area contributed by atoms with Gasteiger partial charge in [0, 0.05) is 45.3 Å². The number of benzene rings is 1. The molecule has 0 aliphatic carbocycles. The molecule has 2 atom stereocenters. The smallest absolute Gasteiger partial charge is 0.263 e. The van der Waals surface area contributed by atoms with E-state index in [0.717, 1.165) is 57.0 Å². The van der Waals surface area contributed by atoms with E-state index in [1.807, 2.05) is 43.0 Å². The Kier molecular flexibility index (Phi) is 7.54. The van der Waals surface area contributed by atoms with Gasteiger partial charge in [0.15, 0.2) is 6.10 Å². The van der Waals surface area contributed by atoms with E-state index in [2.05, 4.69) is 10.2 Å². The highest BCUT2D eigenvalue weighted by molar-refractivity contribution is 5.85. The SMILES string of the molecule is CCC(Oc1ccccc1C)C(=O)N1CCC(N2CCNCC2)C1.Cl. The van der Waals surface area contributed by atoms with Gasteiger partial charge in [0.25, 0.3) is 5.91 Å². The minimum Gasteiger partial charge on any atom is -0.480 e. The topological polar surface area (TPSA) is 44.8 Å². The zero-order valence-electron chi connectivity index (χ0n) is 15.2. The van der Waals surface area contributed by atoms with Gasteiger partial charge in [-0.15, -0.1) is 12.4 Å². The van der Waals surface area contributed by atoms with Gasteiger partial charge in [-0.1, -0.05) is 25.1 Å². The first-order chi connectivity index (χ1) is 11.7. The summed E-state index contributed by atoms with van der Waals surface area (Å²) < 4.78 is 6.03. The molecule has 2 unspecified atom stereocenters. The third-order valence-corrected chi connectivity index (χ3v) is 5.15. The highest BCUT2D eigenvalue weighted by atomic mass is 35.5. The minimum atomic E-state index is -0.382. The van der Waals surface area contributed by atoms with Crippen molar-refractivity contribution in [2.45, 2.75) is 38.8 Å². The normalized spacial score (nSPS) is 22.3. The molecule has 140 valence electrons. The predicted octanol–water partition coefficient (Wildman–Crippen LogP) is 2.08. The molecule has 2 fully saturated rings. The van der Waals surface area contributed by atoms with Gasteiger partial charge < -0.3 is 15.0 Å². The van der Waals surface area contributed by atoms with Crippen molar-refractivity contribution in [2.75, 3.05) is 39.3 Å². The molecular formula is C19H30ClN3O2. The second kappa shape index (κ2) is 9.41. The number of halogens is 1. The summed E-state index contributed by atoms with van der Waals surface area (Å²) in [5.41, 5.74) is 1.07. The molecule has 2 aliphatic heterocycles. The Hall–Kier alpha value is -1.30. The van der Waals surface area contributed by atoms with Crippen LogP contribution in [-0.4, -0.2) is 67.1 Å². The number of carbonyl (C=O) groups is 1. The number of amides is 1. The van der Waals surface area contributed by atoms with Gasteiger partial charge in [0.1, 0.15) is 5.75 Å². The summed E-state index contributed by atoms with van der Waals surface area (Å²) in [7, 11) is 0. The van der Waals surface area contributed by atoms with Crippen LogP contribution in [0.3, 0.4) is 0 Å². The standard InChI is InChI=1S/C19H29N3O2.ClH/c1-3-17(24-18-7-5-4-6-15(18)2)19(23)22-11-8-16(14-22)21-12-9-20-10-13-21;/h4-7,16-17,20H,3,8-14H2,1-2H3;1H. The van der Waals surface area contributed by atoms with Gasteiger partial charge >= 0.3 is 0 Å². The molecule has 2 heterocycles. The first-order valence-electron chi connectivity index (χ1n) is 9.15. The van der Waals surface area contributed by atoms with Crippen molar-refractivity contribution in [1.82, 2.24) is 15.1 Å². The number of hydrogen-bond donors (Lipinski definition) is 1. The van der Waals surface area contributed by atoms with E-state index in [-0.39, 0.29) is 24.4 Å². The maximum Gasteiger partial charge on any atom is 0.263 e. The van der Waals surface area contributed by atoms with E-state index in [9.17, 15) is 4.79 Å². The molecule has 5 nitrogen and oxygen atoms in total. The summed E-state index contributed by atoms with van der Waals surface area (Å²) in [5.74, 6) is 0.953. The average molecular weight is 368 g/mol. The molecular weight excluding hydrogens is 338 g/mol. The second-order valence-electron chi connectivity index (χ2n) is 6.79. The Morgan fingerprint density at radius 2 is 2.00 bits per heavy atom. The Morgan fingerprint density at radius 3 is 2.68 bits per heavy atom. The zero-order valence-corrected chi connectivity index (χ0v) is 16.1. The van der Waals surface area contributed by atoms with E-state index in [1.165, 1.54) is 0 Å². The van der Waals surface area contributed by atoms with Crippen LogP contribution < -0.4 is 10.1 Å². The van der Waals surface area contributed by atoms with Gasteiger partial charge in [-0.3, -0.25) is 9.69 Å². The Bertz CT molecular complexity index is 563. The van der Waals surface area contributed by atoms with Crippen LogP contribution in [-0.2, 0) is 4.79 Å². The lowest BCUT2D eigenvalue weighted by Gasteiger charge is -2.32. The summed E-state index contributed by atoms with van der Waals surface area (Å²) in [4.78, 5) is 17.4. The quantitative estimate of drug-likeness (QED) is 0.865. The Balaban J connectivity index is 0.00000225. The van der Waals surface area contributed by atoms with Crippen LogP contribution in [0.25, 0.3) is 0 Å². The number of hydrogen-bond acceptors (Lipinski definition) is 4. The maximum atomic E-state index is 12.9.